The molecule has 2 aromatic carbocycles. The topological polar surface area (TPSA) is 143 Å². The fourth-order valence-corrected chi connectivity index (χ4v) is 6.42. The van der Waals surface area contributed by atoms with Gasteiger partial charge in [0.1, 0.15) is 22.0 Å². The Kier molecular flexibility index (Phi) is 6.79. The number of hydrogen-bond acceptors (Lipinski definition) is 10. The molecule has 2 amide bonds. The summed E-state index contributed by atoms with van der Waals surface area (Å²) in [6.07, 6.45) is 3.25. The first-order chi connectivity index (χ1) is 18.8. The second-order valence-corrected chi connectivity index (χ2v) is 12.3. The lowest BCUT2D eigenvalue weighted by Crippen LogP contribution is -2.35. The van der Waals surface area contributed by atoms with Crippen LogP contribution in [-0.2, 0) is 28.7 Å². The van der Waals surface area contributed by atoms with Gasteiger partial charge < -0.3 is 14.2 Å². The van der Waals surface area contributed by atoms with E-state index in [1.54, 1.807) is 39.0 Å². The zero-order valence-corrected chi connectivity index (χ0v) is 23.0. The third kappa shape index (κ3) is 4.88. The summed E-state index contributed by atoms with van der Waals surface area (Å²) in [4.78, 5) is 51.3. The van der Waals surface area contributed by atoms with Crippen LogP contribution < -0.4 is 9.47 Å². The summed E-state index contributed by atoms with van der Waals surface area (Å²) >= 11 is 0. The van der Waals surface area contributed by atoms with E-state index in [-0.39, 0.29) is 34.5 Å². The number of methoxy groups -OCH3 is 1. The first-order valence-electron chi connectivity index (χ1n) is 12.5. The third-order valence-electron chi connectivity index (χ3n) is 7.00. The van der Waals surface area contributed by atoms with E-state index in [1.165, 1.54) is 12.1 Å². The van der Waals surface area contributed by atoms with Gasteiger partial charge in [-0.1, -0.05) is 42.5 Å². The summed E-state index contributed by atoms with van der Waals surface area (Å²) in [7, 11) is -3.74. The van der Waals surface area contributed by atoms with Crippen LogP contribution in [-0.4, -0.2) is 49.9 Å². The molecule has 210 valence electrons. The van der Waals surface area contributed by atoms with E-state index in [0.717, 1.165) is 19.2 Å². The van der Waals surface area contributed by atoms with Crippen LogP contribution in [0.2, 0.25) is 0 Å². The van der Waals surface area contributed by atoms with E-state index >= 15 is 0 Å². The fourth-order valence-electron chi connectivity index (χ4n) is 5.35. The van der Waals surface area contributed by atoms with Crippen molar-refractivity contribution in [3.05, 3.63) is 65.7 Å². The molecule has 2 aromatic rings. The lowest BCUT2D eigenvalue weighted by Gasteiger charge is -2.20. The minimum atomic E-state index is -4.90. The maximum atomic E-state index is 13.5. The average molecular weight is 570 g/mol. The second kappa shape index (κ2) is 9.86. The van der Waals surface area contributed by atoms with Crippen LogP contribution in [0.25, 0.3) is 0 Å². The van der Waals surface area contributed by atoms with E-state index in [4.69, 9.17) is 18.5 Å². The Balaban J connectivity index is 1.53. The van der Waals surface area contributed by atoms with Gasteiger partial charge in [0.15, 0.2) is 5.78 Å². The van der Waals surface area contributed by atoms with Gasteiger partial charge in [0, 0.05) is 11.6 Å². The Morgan fingerprint density at radius 1 is 0.925 bits per heavy atom. The van der Waals surface area contributed by atoms with Crippen molar-refractivity contribution in [2.75, 3.05) is 7.11 Å². The van der Waals surface area contributed by atoms with Gasteiger partial charge in [-0.15, -0.1) is 9.35 Å². The van der Waals surface area contributed by atoms with Crippen molar-refractivity contribution in [3.8, 4) is 11.5 Å². The largest absolute Gasteiger partial charge is 0.514 e. The number of allylic oxidation sites excluding steroid dienone is 2. The molecular formula is C28H27NO10S. The summed E-state index contributed by atoms with van der Waals surface area (Å²) in [5.41, 5.74) is -1.06. The normalized spacial score (nSPS) is 23.4. The lowest BCUT2D eigenvalue weighted by molar-refractivity contribution is -0.166. The highest BCUT2D eigenvalue weighted by Crippen LogP contribution is 2.53. The van der Waals surface area contributed by atoms with Gasteiger partial charge in [0.05, 0.1) is 24.5 Å². The SMILES string of the molecule is COc1cc(OC(=O)OC(C)(C)C)c(C(=O)c2ccccc2)cc1S(=O)(=O)ON1C(=O)C2C3C=CC(C3)C2C1=O. The second-order valence-electron chi connectivity index (χ2n) is 10.8. The number of amides is 2. The van der Waals surface area contributed by atoms with Gasteiger partial charge in [-0.05, 0) is 45.1 Å². The van der Waals surface area contributed by atoms with Gasteiger partial charge in [-0.2, -0.15) is 8.42 Å². The highest BCUT2D eigenvalue weighted by molar-refractivity contribution is 7.86. The number of hydroxylamine groups is 2. The van der Waals surface area contributed by atoms with Crippen LogP contribution in [0.5, 0.6) is 11.5 Å². The van der Waals surface area contributed by atoms with Crippen molar-refractivity contribution in [1.82, 2.24) is 5.06 Å². The fraction of sp³-hybridized carbons (Fsp3) is 0.357. The van der Waals surface area contributed by atoms with Gasteiger partial charge in [-0.3, -0.25) is 14.4 Å². The van der Waals surface area contributed by atoms with Crippen molar-refractivity contribution in [2.24, 2.45) is 23.7 Å². The molecule has 2 aliphatic carbocycles. The van der Waals surface area contributed by atoms with Crippen LogP contribution in [0.3, 0.4) is 0 Å². The number of ether oxygens (including phenoxy) is 3. The van der Waals surface area contributed by atoms with Crippen molar-refractivity contribution in [1.29, 1.82) is 0 Å². The third-order valence-corrected chi connectivity index (χ3v) is 8.20. The minimum Gasteiger partial charge on any atom is -0.495 e. The molecular weight excluding hydrogens is 542 g/mol. The van der Waals surface area contributed by atoms with E-state index in [9.17, 15) is 27.6 Å². The van der Waals surface area contributed by atoms with Gasteiger partial charge >= 0.3 is 16.3 Å². The smallest absolute Gasteiger partial charge is 0.495 e. The molecule has 1 heterocycles. The molecule has 1 saturated carbocycles. The summed E-state index contributed by atoms with van der Waals surface area (Å²) in [6.45, 7) is 4.86. The first-order valence-corrected chi connectivity index (χ1v) is 13.9. The Labute approximate surface area is 230 Å². The van der Waals surface area contributed by atoms with Gasteiger partial charge in [0.25, 0.3) is 11.8 Å². The molecule has 0 N–H and O–H groups in total. The molecule has 1 aliphatic heterocycles. The highest BCUT2D eigenvalue weighted by atomic mass is 32.2. The van der Waals surface area contributed by atoms with E-state index in [1.807, 2.05) is 12.2 Å². The van der Waals surface area contributed by atoms with Gasteiger partial charge in [-0.25, -0.2) is 4.79 Å². The molecule has 0 spiro atoms. The lowest BCUT2D eigenvalue weighted by atomic mass is 9.85. The van der Waals surface area contributed by atoms with E-state index in [2.05, 4.69) is 0 Å². The molecule has 12 heteroatoms. The molecule has 2 bridgehead atoms. The predicted molar refractivity (Wildman–Crippen MR) is 138 cm³/mol. The van der Waals surface area contributed by atoms with Crippen LogP contribution in [0.1, 0.15) is 43.1 Å². The number of fused-ring (bicyclic) bond motifs is 5. The van der Waals surface area contributed by atoms with E-state index < -0.39 is 56.2 Å². The summed E-state index contributed by atoms with van der Waals surface area (Å²) in [5.74, 6) is -4.51. The monoisotopic (exact) mass is 569 g/mol. The zero-order valence-electron chi connectivity index (χ0n) is 22.2. The Morgan fingerprint density at radius 2 is 1.52 bits per heavy atom. The molecule has 0 aromatic heterocycles. The number of ketones is 1. The standard InChI is InChI=1S/C28H27NO10S/c1-28(2,3)38-27(33)37-19-14-20(36-4)21(13-18(19)24(30)15-8-6-5-7-9-15)40(34,35)39-29-25(31)22-16-10-11-17(12-16)23(22)26(29)32/h5-11,13-14,16-17,22-23H,12H2,1-4H3. The molecule has 4 atom stereocenters. The van der Waals surface area contributed by atoms with Crippen molar-refractivity contribution < 1.29 is 46.1 Å². The number of imide groups is 1. The minimum absolute atomic E-state index is 0.156. The van der Waals surface area contributed by atoms with Crippen LogP contribution >= 0.6 is 0 Å². The number of carbonyl (C=O) groups excluding carboxylic acids is 4. The molecule has 11 nitrogen and oxygen atoms in total. The average Bonchev–Trinajstić information content (AvgIpc) is 3.57. The number of benzene rings is 2. The van der Waals surface area contributed by atoms with Crippen molar-refractivity contribution >= 4 is 33.9 Å². The molecule has 40 heavy (non-hydrogen) atoms. The number of carbonyl (C=O) groups is 4. The Morgan fingerprint density at radius 3 is 2.08 bits per heavy atom. The van der Waals surface area contributed by atoms with Crippen molar-refractivity contribution in [2.45, 2.75) is 37.7 Å². The summed E-state index contributed by atoms with van der Waals surface area (Å²) in [6, 6.07) is 9.84. The summed E-state index contributed by atoms with van der Waals surface area (Å²) < 4.78 is 47.8. The quantitative estimate of drug-likeness (QED) is 0.159. The molecule has 5 rings (SSSR count). The summed E-state index contributed by atoms with van der Waals surface area (Å²) in [5, 5.41) is 0.292. The Hall–Kier alpha value is -4.03. The number of nitrogens with zero attached hydrogens (tertiary/aromatic N) is 1. The molecule has 1 saturated heterocycles. The first kappa shape index (κ1) is 27.5. The van der Waals surface area contributed by atoms with E-state index in [0.29, 0.717) is 11.5 Å². The highest BCUT2D eigenvalue weighted by Gasteiger charge is 2.61. The maximum Gasteiger partial charge on any atom is 0.514 e. The van der Waals surface area contributed by atoms with Gasteiger partial charge in [0.2, 0.25) is 0 Å². The number of hydrogen-bond donors (Lipinski definition) is 0. The number of rotatable bonds is 7. The van der Waals surface area contributed by atoms with Crippen LogP contribution in [0, 0.1) is 23.7 Å². The van der Waals surface area contributed by atoms with Crippen LogP contribution in [0.4, 0.5) is 4.79 Å². The predicted octanol–water partition coefficient (Wildman–Crippen LogP) is 3.67. The molecule has 3 aliphatic rings. The molecule has 4 unspecified atom stereocenters. The van der Waals surface area contributed by atoms with Crippen LogP contribution in [0.15, 0.2) is 59.5 Å². The molecule has 0 radical (unpaired) electrons. The maximum absolute atomic E-state index is 13.5. The Bertz CT molecular complexity index is 1510. The molecule has 2 fully saturated rings. The zero-order chi connectivity index (χ0) is 29.0. The van der Waals surface area contributed by atoms with Crippen molar-refractivity contribution in [3.63, 3.8) is 0 Å².